The van der Waals surface area contributed by atoms with Crippen molar-refractivity contribution in [2.24, 2.45) is 5.73 Å². The Morgan fingerprint density at radius 3 is 2.67 bits per heavy atom. The van der Waals surface area contributed by atoms with E-state index in [-0.39, 0.29) is 0 Å². The molecule has 0 saturated heterocycles. The molecule has 1 atom stereocenters. The van der Waals surface area contributed by atoms with Gasteiger partial charge >= 0.3 is 0 Å². The van der Waals surface area contributed by atoms with E-state index in [0.717, 1.165) is 31.8 Å². The molecular formula is C8H19NO2S. The van der Waals surface area contributed by atoms with Gasteiger partial charge in [-0.3, -0.25) is 0 Å². The highest BCUT2D eigenvalue weighted by Crippen LogP contribution is 1.94. The molecule has 0 amide bonds. The first-order valence-corrected chi connectivity index (χ1v) is 5.92. The van der Waals surface area contributed by atoms with Gasteiger partial charge in [-0.2, -0.15) is 0 Å². The molecule has 4 heteroatoms. The topological polar surface area (TPSA) is 58.3 Å². The first kappa shape index (κ1) is 12.2. The first-order valence-electron chi connectivity index (χ1n) is 4.44. The summed E-state index contributed by atoms with van der Waals surface area (Å²) in [6.07, 6.45) is 1.93. The molecule has 0 bridgehead atoms. The van der Waals surface area contributed by atoms with Crippen molar-refractivity contribution >= 4 is 11.2 Å². The summed E-state index contributed by atoms with van der Waals surface area (Å²) in [6.45, 7) is 4.13. The van der Waals surface area contributed by atoms with Crippen molar-refractivity contribution in [3.8, 4) is 0 Å². The van der Waals surface area contributed by atoms with Crippen LogP contribution >= 0.6 is 0 Å². The molecule has 1 unspecified atom stereocenters. The van der Waals surface area contributed by atoms with Crippen LogP contribution in [0.5, 0.6) is 0 Å². The lowest BCUT2D eigenvalue weighted by molar-refractivity contribution is 0.136. The Morgan fingerprint density at radius 2 is 2.08 bits per heavy atom. The van der Waals surface area contributed by atoms with Gasteiger partial charge in [-0.05, 0) is 6.42 Å². The Balaban J connectivity index is 2.97. The molecule has 0 aromatic carbocycles. The number of nitrogens with two attached hydrogens (primary N) is 1. The lowest BCUT2D eigenvalue weighted by Crippen LogP contribution is -2.19. The standard InChI is InChI=1S/C8H19NO2S/c1-2-5-11-6-3-7-12(10)8-4-9/h2-9H2,1H3. The third-order valence-electron chi connectivity index (χ3n) is 1.35. The van der Waals surface area contributed by atoms with Gasteiger partial charge in [0.05, 0.1) is 6.61 Å². The van der Waals surface area contributed by atoms with Crippen LogP contribution in [0.25, 0.3) is 0 Å². The highest BCUT2D eigenvalue weighted by molar-refractivity contribution is 7.91. The minimum absolute atomic E-state index is 0.516. The molecule has 0 saturated carbocycles. The predicted octanol–water partition coefficient (Wildman–Crippen LogP) is 0.511. The van der Waals surface area contributed by atoms with E-state index in [2.05, 4.69) is 6.92 Å². The normalized spacial score (nSPS) is 13.2. The van der Waals surface area contributed by atoms with Crippen LogP contribution in [0.2, 0.25) is 0 Å². The van der Waals surface area contributed by atoms with Crippen molar-refractivity contribution < 1.29 is 9.29 Å². The van der Waals surface area contributed by atoms with Gasteiger partial charge in [-0.15, -0.1) is 0 Å². The van der Waals surface area contributed by atoms with Crippen LogP contribution in [0.3, 0.4) is 0 Å². The molecule has 2 N–H and O–H groups in total. The largest absolute Gasteiger partial charge is 0.616 e. The lowest BCUT2D eigenvalue weighted by atomic mass is 10.5. The zero-order chi connectivity index (χ0) is 9.23. The lowest BCUT2D eigenvalue weighted by Gasteiger charge is -2.09. The van der Waals surface area contributed by atoms with Gasteiger partial charge in [0.2, 0.25) is 0 Å². The zero-order valence-electron chi connectivity index (χ0n) is 7.75. The molecule has 74 valence electrons. The van der Waals surface area contributed by atoms with Crippen LogP contribution in [-0.2, 0) is 15.9 Å². The number of hydrogen-bond donors (Lipinski definition) is 1. The summed E-state index contributed by atoms with van der Waals surface area (Å²) in [7, 11) is 0. The van der Waals surface area contributed by atoms with E-state index in [1.165, 1.54) is 0 Å². The first-order chi connectivity index (χ1) is 5.81. The van der Waals surface area contributed by atoms with Gasteiger partial charge in [-0.1, -0.05) is 18.1 Å². The van der Waals surface area contributed by atoms with E-state index >= 15 is 0 Å². The Morgan fingerprint density at radius 1 is 1.33 bits per heavy atom. The molecule has 0 aromatic rings. The molecule has 0 aromatic heterocycles. The van der Waals surface area contributed by atoms with Crippen molar-refractivity contribution in [2.75, 3.05) is 31.3 Å². The third kappa shape index (κ3) is 8.33. The monoisotopic (exact) mass is 193 g/mol. The molecule has 0 radical (unpaired) electrons. The summed E-state index contributed by atoms with van der Waals surface area (Å²) in [5.41, 5.74) is 5.26. The molecule has 12 heavy (non-hydrogen) atoms. The fourth-order valence-electron chi connectivity index (χ4n) is 0.802. The van der Waals surface area contributed by atoms with E-state index < -0.39 is 11.2 Å². The van der Waals surface area contributed by atoms with Crippen molar-refractivity contribution in [2.45, 2.75) is 19.8 Å². The van der Waals surface area contributed by atoms with E-state index in [1.54, 1.807) is 0 Å². The number of ether oxygens (including phenoxy) is 1. The van der Waals surface area contributed by atoms with E-state index in [9.17, 15) is 4.55 Å². The van der Waals surface area contributed by atoms with Crippen molar-refractivity contribution in [1.82, 2.24) is 0 Å². The Bertz CT molecular complexity index is 93.1. The van der Waals surface area contributed by atoms with Crippen LogP contribution < -0.4 is 5.73 Å². The summed E-state index contributed by atoms with van der Waals surface area (Å²) in [5, 5.41) is 0. The second-order valence-corrected chi connectivity index (χ2v) is 4.30. The van der Waals surface area contributed by atoms with Gasteiger partial charge in [0.25, 0.3) is 0 Å². The van der Waals surface area contributed by atoms with Gasteiger partial charge < -0.3 is 15.0 Å². The Kier molecular flexibility index (Phi) is 9.50. The molecule has 0 aliphatic heterocycles. The highest BCUT2D eigenvalue weighted by atomic mass is 32.2. The average molecular weight is 193 g/mol. The Labute approximate surface area is 77.8 Å². The van der Waals surface area contributed by atoms with E-state index in [4.69, 9.17) is 10.5 Å². The predicted molar refractivity (Wildman–Crippen MR) is 52.7 cm³/mol. The minimum Gasteiger partial charge on any atom is -0.616 e. The molecule has 3 nitrogen and oxygen atoms in total. The van der Waals surface area contributed by atoms with Crippen LogP contribution in [-0.4, -0.2) is 35.8 Å². The van der Waals surface area contributed by atoms with Gasteiger partial charge in [-0.25, -0.2) is 0 Å². The maximum absolute atomic E-state index is 11.1. The summed E-state index contributed by atoms with van der Waals surface area (Å²) in [5.74, 6) is 1.34. The minimum atomic E-state index is -0.730. The summed E-state index contributed by atoms with van der Waals surface area (Å²) < 4.78 is 16.3. The molecule has 0 fully saturated rings. The van der Waals surface area contributed by atoms with Gasteiger partial charge in [0.15, 0.2) is 0 Å². The molecule has 0 spiro atoms. The summed E-state index contributed by atoms with van der Waals surface area (Å²) >= 11 is -0.730. The number of rotatable bonds is 8. The van der Waals surface area contributed by atoms with Crippen molar-refractivity contribution in [3.05, 3.63) is 0 Å². The smallest absolute Gasteiger partial charge is 0.117 e. The molecule has 0 aliphatic carbocycles. The second-order valence-electron chi connectivity index (χ2n) is 2.60. The second kappa shape index (κ2) is 9.32. The molecule has 0 rings (SSSR count). The van der Waals surface area contributed by atoms with Gasteiger partial charge in [0.1, 0.15) is 11.5 Å². The SMILES string of the molecule is CCCOCCC[S+]([O-])CCN. The van der Waals surface area contributed by atoms with E-state index in [1.807, 2.05) is 0 Å². The van der Waals surface area contributed by atoms with Crippen molar-refractivity contribution in [1.29, 1.82) is 0 Å². The summed E-state index contributed by atoms with van der Waals surface area (Å²) in [4.78, 5) is 0. The maximum atomic E-state index is 11.1. The van der Waals surface area contributed by atoms with E-state index in [0.29, 0.717) is 12.3 Å². The number of hydrogen-bond acceptors (Lipinski definition) is 3. The average Bonchev–Trinajstić information content (AvgIpc) is 2.05. The summed E-state index contributed by atoms with van der Waals surface area (Å²) in [6, 6.07) is 0. The highest BCUT2D eigenvalue weighted by Gasteiger charge is 2.02. The zero-order valence-corrected chi connectivity index (χ0v) is 8.57. The van der Waals surface area contributed by atoms with Crippen LogP contribution in [0.4, 0.5) is 0 Å². The van der Waals surface area contributed by atoms with Crippen LogP contribution in [0, 0.1) is 0 Å². The fourth-order valence-corrected chi connectivity index (χ4v) is 1.71. The fraction of sp³-hybridized carbons (Fsp3) is 1.00. The van der Waals surface area contributed by atoms with Gasteiger partial charge in [0, 0.05) is 19.6 Å². The maximum Gasteiger partial charge on any atom is 0.117 e. The van der Waals surface area contributed by atoms with Crippen molar-refractivity contribution in [3.63, 3.8) is 0 Å². The Hall–Kier alpha value is 0.230. The molecule has 0 heterocycles. The molecule has 0 aliphatic rings. The quantitative estimate of drug-likeness (QED) is 0.451. The molecular weight excluding hydrogens is 174 g/mol. The van der Waals surface area contributed by atoms with Crippen LogP contribution in [0.1, 0.15) is 19.8 Å². The third-order valence-corrected chi connectivity index (χ3v) is 2.79. The van der Waals surface area contributed by atoms with Crippen LogP contribution in [0.15, 0.2) is 0 Å².